The number of amides is 2. The average molecular weight is 290 g/mol. The Morgan fingerprint density at radius 1 is 1.19 bits per heavy atom. The smallest absolute Gasteiger partial charge is 0.243 e. The van der Waals surface area contributed by atoms with Crippen LogP contribution < -0.4 is 5.32 Å². The van der Waals surface area contributed by atoms with Crippen LogP contribution in [0.4, 0.5) is 5.69 Å². The van der Waals surface area contributed by atoms with Crippen LogP contribution in [0.3, 0.4) is 0 Å². The summed E-state index contributed by atoms with van der Waals surface area (Å²) in [7, 11) is 0. The molecule has 1 rings (SSSR count). The normalized spacial score (nSPS) is 10.6. The summed E-state index contributed by atoms with van der Waals surface area (Å²) in [6.45, 7) is 10.5. The van der Waals surface area contributed by atoms with Gasteiger partial charge in [0.15, 0.2) is 0 Å². The zero-order valence-electron chi connectivity index (χ0n) is 13.7. The number of hydrogen-bond donors (Lipinski definition) is 1. The molecule has 0 unspecified atom stereocenters. The molecule has 0 bridgehead atoms. The van der Waals surface area contributed by atoms with Gasteiger partial charge in [0, 0.05) is 19.2 Å². The number of carbonyl (C=O) groups excluding carboxylic acids is 2. The molecule has 0 aromatic heterocycles. The third-order valence-electron chi connectivity index (χ3n) is 3.55. The lowest BCUT2D eigenvalue weighted by Gasteiger charge is -2.21. The van der Waals surface area contributed by atoms with Gasteiger partial charge in [-0.2, -0.15) is 0 Å². The second-order valence-corrected chi connectivity index (χ2v) is 5.97. The van der Waals surface area contributed by atoms with Crippen LogP contribution in [-0.4, -0.2) is 29.8 Å². The predicted molar refractivity (Wildman–Crippen MR) is 86.3 cm³/mol. The zero-order chi connectivity index (χ0) is 16.0. The first-order chi connectivity index (χ1) is 9.79. The van der Waals surface area contributed by atoms with Gasteiger partial charge in [-0.3, -0.25) is 9.59 Å². The molecule has 1 aromatic carbocycles. The Hall–Kier alpha value is -1.84. The second kappa shape index (κ2) is 7.81. The maximum Gasteiger partial charge on any atom is 0.243 e. The largest absolute Gasteiger partial charge is 0.334 e. The summed E-state index contributed by atoms with van der Waals surface area (Å²) in [4.78, 5) is 25.2. The molecule has 0 atom stereocenters. The first-order valence-corrected chi connectivity index (χ1v) is 7.42. The number of benzene rings is 1. The minimum Gasteiger partial charge on any atom is -0.334 e. The van der Waals surface area contributed by atoms with Crippen molar-refractivity contribution in [1.82, 2.24) is 4.90 Å². The molecule has 1 N–H and O–H groups in total. The van der Waals surface area contributed by atoms with Crippen LogP contribution in [0.25, 0.3) is 0 Å². The van der Waals surface area contributed by atoms with E-state index in [1.807, 2.05) is 32.0 Å². The lowest BCUT2D eigenvalue weighted by Crippen LogP contribution is -2.37. The first kappa shape index (κ1) is 17.2. The van der Waals surface area contributed by atoms with E-state index in [2.05, 4.69) is 19.2 Å². The highest BCUT2D eigenvalue weighted by Gasteiger charge is 2.14. The van der Waals surface area contributed by atoms with Crippen LogP contribution in [0.15, 0.2) is 18.2 Å². The van der Waals surface area contributed by atoms with Crippen molar-refractivity contribution < 1.29 is 9.59 Å². The molecule has 0 radical (unpaired) electrons. The third kappa shape index (κ3) is 5.98. The van der Waals surface area contributed by atoms with Gasteiger partial charge in [0.1, 0.15) is 0 Å². The van der Waals surface area contributed by atoms with E-state index in [0.29, 0.717) is 12.5 Å². The molecule has 1 aromatic rings. The number of rotatable bonds is 6. The molecule has 0 aliphatic carbocycles. The number of hydrogen-bond acceptors (Lipinski definition) is 2. The molecule has 21 heavy (non-hydrogen) atoms. The van der Waals surface area contributed by atoms with Crippen molar-refractivity contribution in [3.63, 3.8) is 0 Å². The first-order valence-electron chi connectivity index (χ1n) is 7.42. The van der Waals surface area contributed by atoms with Crippen LogP contribution in [0, 0.1) is 19.8 Å². The van der Waals surface area contributed by atoms with Crippen LogP contribution >= 0.6 is 0 Å². The highest BCUT2D eigenvalue weighted by atomic mass is 16.2. The summed E-state index contributed by atoms with van der Waals surface area (Å²) in [5.74, 6) is 0.290. The van der Waals surface area contributed by atoms with E-state index in [9.17, 15) is 9.59 Å². The van der Waals surface area contributed by atoms with Crippen molar-refractivity contribution in [2.24, 2.45) is 5.92 Å². The average Bonchev–Trinajstić information content (AvgIpc) is 2.38. The highest BCUT2D eigenvalue weighted by molar-refractivity contribution is 5.94. The minimum absolute atomic E-state index is 0.0640. The topological polar surface area (TPSA) is 49.4 Å². The molecule has 0 fully saturated rings. The van der Waals surface area contributed by atoms with Crippen LogP contribution in [0.5, 0.6) is 0 Å². The standard InChI is InChI=1S/C17H26N2O2/c1-12(2)8-9-19(15(5)20)11-17(21)18-16-7-6-13(3)14(4)10-16/h6-7,10,12H,8-9,11H2,1-5H3,(H,18,21). The van der Waals surface area contributed by atoms with Crippen LogP contribution in [0.2, 0.25) is 0 Å². The highest BCUT2D eigenvalue weighted by Crippen LogP contribution is 2.14. The number of aryl methyl sites for hydroxylation is 2. The van der Waals surface area contributed by atoms with Gasteiger partial charge in [0.2, 0.25) is 11.8 Å². The molecule has 0 spiro atoms. The maximum atomic E-state index is 12.1. The maximum absolute atomic E-state index is 12.1. The Kier molecular flexibility index (Phi) is 6.40. The molecular formula is C17H26N2O2. The molecule has 116 valence electrons. The SMILES string of the molecule is CC(=O)N(CCC(C)C)CC(=O)Nc1ccc(C)c(C)c1. The van der Waals surface area contributed by atoms with Gasteiger partial charge in [0.25, 0.3) is 0 Å². The minimum atomic E-state index is -0.155. The van der Waals surface area contributed by atoms with Crippen molar-refractivity contribution in [2.75, 3.05) is 18.4 Å². The van der Waals surface area contributed by atoms with E-state index in [0.717, 1.165) is 17.7 Å². The molecule has 4 heteroatoms. The predicted octanol–water partition coefficient (Wildman–Crippen LogP) is 3.14. The fraction of sp³-hybridized carbons (Fsp3) is 0.529. The fourth-order valence-corrected chi connectivity index (χ4v) is 1.95. The lowest BCUT2D eigenvalue weighted by molar-refractivity contribution is -0.132. The fourth-order valence-electron chi connectivity index (χ4n) is 1.95. The molecule has 2 amide bonds. The van der Waals surface area contributed by atoms with Gasteiger partial charge in [-0.05, 0) is 49.4 Å². The van der Waals surface area contributed by atoms with Crippen molar-refractivity contribution in [3.8, 4) is 0 Å². The number of carbonyl (C=O) groups is 2. The Balaban J connectivity index is 2.60. The zero-order valence-corrected chi connectivity index (χ0v) is 13.7. The summed E-state index contributed by atoms with van der Waals surface area (Å²) < 4.78 is 0. The lowest BCUT2D eigenvalue weighted by atomic mass is 10.1. The Morgan fingerprint density at radius 2 is 1.86 bits per heavy atom. The van der Waals surface area contributed by atoms with Crippen LogP contribution in [0.1, 0.15) is 38.3 Å². The van der Waals surface area contributed by atoms with Crippen molar-refractivity contribution >= 4 is 17.5 Å². The Morgan fingerprint density at radius 3 is 2.38 bits per heavy atom. The van der Waals surface area contributed by atoms with Crippen molar-refractivity contribution in [2.45, 2.75) is 41.0 Å². The third-order valence-corrected chi connectivity index (χ3v) is 3.55. The number of anilines is 1. The van der Waals surface area contributed by atoms with Crippen LogP contribution in [-0.2, 0) is 9.59 Å². The summed E-state index contributed by atoms with van der Waals surface area (Å²) in [6.07, 6.45) is 0.899. The van der Waals surface area contributed by atoms with E-state index >= 15 is 0 Å². The molecule has 0 saturated heterocycles. The van der Waals surface area contributed by atoms with E-state index in [4.69, 9.17) is 0 Å². The molecule has 0 heterocycles. The second-order valence-electron chi connectivity index (χ2n) is 5.97. The summed E-state index contributed by atoms with van der Waals surface area (Å²) in [6, 6.07) is 5.80. The van der Waals surface area contributed by atoms with Gasteiger partial charge in [-0.15, -0.1) is 0 Å². The molecule has 0 aliphatic heterocycles. The van der Waals surface area contributed by atoms with Gasteiger partial charge in [-0.25, -0.2) is 0 Å². The van der Waals surface area contributed by atoms with Crippen molar-refractivity contribution in [3.05, 3.63) is 29.3 Å². The monoisotopic (exact) mass is 290 g/mol. The molecular weight excluding hydrogens is 264 g/mol. The summed E-state index contributed by atoms with van der Waals surface area (Å²) in [5, 5.41) is 2.85. The van der Waals surface area contributed by atoms with Gasteiger partial charge < -0.3 is 10.2 Å². The summed E-state index contributed by atoms with van der Waals surface area (Å²) in [5.41, 5.74) is 3.10. The van der Waals surface area contributed by atoms with Gasteiger partial charge in [0.05, 0.1) is 6.54 Å². The van der Waals surface area contributed by atoms with E-state index < -0.39 is 0 Å². The van der Waals surface area contributed by atoms with Gasteiger partial charge >= 0.3 is 0 Å². The Bertz CT molecular complexity index is 510. The quantitative estimate of drug-likeness (QED) is 0.875. The van der Waals surface area contributed by atoms with Crippen molar-refractivity contribution in [1.29, 1.82) is 0 Å². The van der Waals surface area contributed by atoms with E-state index in [1.165, 1.54) is 12.5 Å². The Labute approximate surface area is 127 Å². The molecule has 0 aliphatic rings. The van der Waals surface area contributed by atoms with E-state index in [1.54, 1.807) is 4.90 Å². The molecule has 4 nitrogen and oxygen atoms in total. The summed E-state index contributed by atoms with van der Waals surface area (Å²) >= 11 is 0. The van der Waals surface area contributed by atoms with Gasteiger partial charge in [-0.1, -0.05) is 19.9 Å². The number of nitrogens with zero attached hydrogens (tertiary/aromatic N) is 1. The molecule has 0 saturated carbocycles. The van der Waals surface area contributed by atoms with E-state index in [-0.39, 0.29) is 18.4 Å². The number of nitrogens with one attached hydrogen (secondary N) is 1.